The van der Waals surface area contributed by atoms with Gasteiger partial charge in [-0.15, -0.1) is 11.3 Å². The summed E-state index contributed by atoms with van der Waals surface area (Å²) in [6, 6.07) is 15.7. The van der Waals surface area contributed by atoms with Gasteiger partial charge in [0.15, 0.2) is 0 Å². The molecule has 0 saturated carbocycles. The van der Waals surface area contributed by atoms with Crippen LogP contribution >= 0.6 is 11.3 Å². The van der Waals surface area contributed by atoms with E-state index in [4.69, 9.17) is 14.2 Å². The molecule has 3 rings (SSSR count). The summed E-state index contributed by atoms with van der Waals surface area (Å²) >= 11 is 1.63. The standard InChI is InChI=1S/C22H26N2O3S/c1-17-4-6-21(7-5-17)27-15-22-23-18(16-28-22)14-24(2)12-13-26-20-10-8-19(25-3)9-11-20/h4-11,16H,12-15H2,1-3H3. The van der Waals surface area contributed by atoms with E-state index in [0.29, 0.717) is 13.2 Å². The number of ether oxygens (including phenoxy) is 3. The van der Waals surface area contributed by atoms with Crippen molar-refractivity contribution in [3.05, 3.63) is 70.2 Å². The van der Waals surface area contributed by atoms with Crippen LogP contribution in [0.3, 0.4) is 0 Å². The number of benzene rings is 2. The van der Waals surface area contributed by atoms with Crippen molar-refractivity contribution < 1.29 is 14.2 Å². The van der Waals surface area contributed by atoms with Crippen molar-refractivity contribution in [2.75, 3.05) is 27.3 Å². The molecule has 0 amide bonds. The molecule has 0 spiro atoms. The molecule has 0 radical (unpaired) electrons. The van der Waals surface area contributed by atoms with Gasteiger partial charge in [-0.1, -0.05) is 17.7 Å². The van der Waals surface area contributed by atoms with Gasteiger partial charge in [0.05, 0.1) is 12.8 Å². The molecule has 1 aromatic heterocycles. The van der Waals surface area contributed by atoms with Crippen molar-refractivity contribution >= 4 is 11.3 Å². The Labute approximate surface area is 170 Å². The van der Waals surface area contributed by atoms with Crippen LogP contribution in [-0.4, -0.2) is 37.2 Å². The monoisotopic (exact) mass is 398 g/mol. The molecular formula is C22H26N2O3S. The Bertz CT molecular complexity index is 847. The topological polar surface area (TPSA) is 43.8 Å². The van der Waals surface area contributed by atoms with Crippen LogP contribution in [0.5, 0.6) is 17.2 Å². The summed E-state index contributed by atoms with van der Waals surface area (Å²) in [4.78, 5) is 6.86. The minimum absolute atomic E-state index is 0.498. The molecule has 28 heavy (non-hydrogen) atoms. The molecule has 0 bridgehead atoms. The molecule has 0 aliphatic heterocycles. The van der Waals surface area contributed by atoms with Gasteiger partial charge in [0.25, 0.3) is 0 Å². The van der Waals surface area contributed by atoms with Crippen LogP contribution in [0.1, 0.15) is 16.3 Å². The van der Waals surface area contributed by atoms with Gasteiger partial charge >= 0.3 is 0 Å². The number of rotatable bonds is 10. The van der Waals surface area contributed by atoms with Crippen molar-refractivity contribution in [1.82, 2.24) is 9.88 Å². The lowest BCUT2D eigenvalue weighted by Gasteiger charge is -2.15. The van der Waals surface area contributed by atoms with Crippen LogP contribution < -0.4 is 14.2 Å². The number of likely N-dealkylation sites (N-methyl/N-ethyl adjacent to an activating group) is 1. The Hall–Kier alpha value is -2.57. The molecule has 0 fully saturated rings. The van der Waals surface area contributed by atoms with Crippen molar-refractivity contribution in [2.24, 2.45) is 0 Å². The number of aryl methyl sites for hydroxylation is 1. The largest absolute Gasteiger partial charge is 0.497 e. The molecule has 0 aliphatic carbocycles. The van der Waals surface area contributed by atoms with E-state index >= 15 is 0 Å². The molecule has 3 aromatic rings. The first-order valence-electron chi connectivity index (χ1n) is 9.20. The van der Waals surface area contributed by atoms with Gasteiger partial charge in [-0.2, -0.15) is 0 Å². The summed E-state index contributed by atoms with van der Waals surface area (Å²) in [7, 11) is 3.72. The van der Waals surface area contributed by atoms with Gasteiger partial charge in [0, 0.05) is 18.5 Å². The quantitative estimate of drug-likeness (QED) is 0.501. The average Bonchev–Trinajstić information content (AvgIpc) is 3.15. The van der Waals surface area contributed by atoms with Gasteiger partial charge < -0.3 is 14.2 Å². The lowest BCUT2D eigenvalue weighted by molar-refractivity contribution is 0.231. The number of thiazole rings is 1. The summed E-state index contributed by atoms with van der Waals surface area (Å²) in [6.45, 7) is 4.79. The van der Waals surface area contributed by atoms with Gasteiger partial charge in [-0.3, -0.25) is 4.90 Å². The molecule has 5 nitrogen and oxygen atoms in total. The van der Waals surface area contributed by atoms with Crippen LogP contribution in [0.15, 0.2) is 53.9 Å². The van der Waals surface area contributed by atoms with Gasteiger partial charge in [0.2, 0.25) is 0 Å². The predicted octanol–water partition coefficient (Wildman–Crippen LogP) is 4.55. The van der Waals surface area contributed by atoms with Crippen molar-refractivity contribution in [1.29, 1.82) is 0 Å². The second-order valence-corrected chi connectivity index (χ2v) is 7.54. The number of aromatic nitrogens is 1. The Morgan fingerprint density at radius 3 is 2.29 bits per heavy atom. The highest BCUT2D eigenvalue weighted by Gasteiger charge is 2.07. The number of hydrogen-bond acceptors (Lipinski definition) is 6. The molecular weight excluding hydrogens is 372 g/mol. The van der Waals surface area contributed by atoms with E-state index in [9.17, 15) is 0 Å². The van der Waals surface area contributed by atoms with Gasteiger partial charge in [0.1, 0.15) is 35.5 Å². The summed E-state index contributed by atoms with van der Waals surface area (Å²) in [5.74, 6) is 2.55. The molecule has 0 aliphatic rings. The van der Waals surface area contributed by atoms with Gasteiger partial charge in [-0.25, -0.2) is 4.98 Å². The van der Waals surface area contributed by atoms with Crippen LogP contribution in [0.2, 0.25) is 0 Å². The van der Waals surface area contributed by atoms with E-state index in [0.717, 1.165) is 41.0 Å². The third-order valence-corrected chi connectivity index (χ3v) is 5.09. The second kappa shape index (κ2) is 10.1. The van der Waals surface area contributed by atoms with E-state index in [1.54, 1.807) is 18.4 Å². The van der Waals surface area contributed by atoms with Crippen molar-refractivity contribution in [3.8, 4) is 17.2 Å². The van der Waals surface area contributed by atoms with E-state index in [1.165, 1.54) is 5.56 Å². The van der Waals surface area contributed by atoms with Crippen LogP contribution in [0, 0.1) is 6.92 Å². The van der Waals surface area contributed by atoms with Crippen molar-refractivity contribution in [3.63, 3.8) is 0 Å². The lowest BCUT2D eigenvalue weighted by atomic mass is 10.2. The number of methoxy groups -OCH3 is 1. The fraction of sp³-hybridized carbons (Fsp3) is 0.318. The van der Waals surface area contributed by atoms with E-state index < -0.39 is 0 Å². The fourth-order valence-electron chi connectivity index (χ4n) is 2.61. The molecule has 0 atom stereocenters. The van der Waals surface area contributed by atoms with Crippen molar-refractivity contribution in [2.45, 2.75) is 20.1 Å². The summed E-state index contributed by atoms with van der Waals surface area (Å²) in [5, 5.41) is 3.08. The van der Waals surface area contributed by atoms with Crippen LogP contribution in [0.4, 0.5) is 0 Å². The van der Waals surface area contributed by atoms with E-state index in [2.05, 4.69) is 29.2 Å². The molecule has 0 saturated heterocycles. The predicted molar refractivity (Wildman–Crippen MR) is 112 cm³/mol. The maximum atomic E-state index is 5.80. The zero-order valence-corrected chi connectivity index (χ0v) is 17.4. The van der Waals surface area contributed by atoms with E-state index in [1.807, 2.05) is 48.5 Å². The Morgan fingerprint density at radius 2 is 1.57 bits per heavy atom. The maximum absolute atomic E-state index is 5.80. The zero-order chi connectivity index (χ0) is 19.8. The Balaban J connectivity index is 1.39. The SMILES string of the molecule is COc1ccc(OCCN(C)Cc2csc(COc3ccc(C)cc3)n2)cc1. The second-order valence-electron chi connectivity index (χ2n) is 6.60. The van der Waals surface area contributed by atoms with Gasteiger partial charge in [-0.05, 0) is 50.4 Å². The molecule has 0 unspecified atom stereocenters. The fourth-order valence-corrected chi connectivity index (χ4v) is 3.31. The number of hydrogen-bond donors (Lipinski definition) is 0. The minimum Gasteiger partial charge on any atom is -0.497 e. The first-order chi connectivity index (χ1) is 13.6. The summed E-state index contributed by atoms with van der Waals surface area (Å²) in [6.07, 6.45) is 0. The third kappa shape index (κ3) is 6.25. The molecule has 0 N–H and O–H groups in total. The zero-order valence-electron chi connectivity index (χ0n) is 16.6. The highest BCUT2D eigenvalue weighted by Crippen LogP contribution is 2.18. The summed E-state index contributed by atoms with van der Waals surface area (Å²) in [5.41, 5.74) is 2.28. The summed E-state index contributed by atoms with van der Waals surface area (Å²) < 4.78 is 16.7. The Morgan fingerprint density at radius 1 is 0.929 bits per heavy atom. The molecule has 2 aromatic carbocycles. The highest BCUT2D eigenvalue weighted by atomic mass is 32.1. The maximum Gasteiger partial charge on any atom is 0.140 e. The van der Waals surface area contributed by atoms with Crippen LogP contribution in [-0.2, 0) is 13.2 Å². The first kappa shape index (κ1) is 20.2. The molecule has 6 heteroatoms. The average molecular weight is 399 g/mol. The van der Waals surface area contributed by atoms with Crippen LogP contribution in [0.25, 0.3) is 0 Å². The molecule has 148 valence electrons. The minimum atomic E-state index is 0.498. The number of nitrogens with zero attached hydrogens (tertiary/aromatic N) is 2. The normalized spacial score (nSPS) is 10.9. The Kier molecular flexibility index (Phi) is 7.28. The third-order valence-electron chi connectivity index (χ3n) is 4.22. The first-order valence-corrected chi connectivity index (χ1v) is 10.1. The van der Waals surface area contributed by atoms with E-state index in [-0.39, 0.29) is 0 Å². The molecule has 1 heterocycles. The lowest BCUT2D eigenvalue weighted by Crippen LogP contribution is -2.24. The smallest absolute Gasteiger partial charge is 0.140 e. The highest BCUT2D eigenvalue weighted by molar-refractivity contribution is 7.09.